The largest absolute Gasteiger partial charge is 0.416 e. The highest BCUT2D eigenvalue weighted by atomic mass is 32.2. The second kappa shape index (κ2) is 9.44. The van der Waals surface area contributed by atoms with Crippen LogP contribution in [0.25, 0.3) is 17.2 Å². The Morgan fingerprint density at radius 2 is 1.86 bits per heavy atom. The summed E-state index contributed by atoms with van der Waals surface area (Å²) >= 11 is 0. The standard InChI is InChI=1S/C23H23F3N4O4S/c1-15-12-30(13-16(2)34-15)35(32,33)19-5-3-4-17(10-19)22(31)27-8-9-29-14-28-20-11-18(23(24,25)26)6-7-21(20)29/h3-11,14-16H,12-13H2,1-2H3,(H,27,31)/b9-8+/t15-,16+. The minimum Gasteiger partial charge on any atom is -0.373 e. The van der Waals surface area contributed by atoms with E-state index in [9.17, 15) is 26.4 Å². The van der Waals surface area contributed by atoms with Crippen molar-refractivity contribution in [3.05, 3.63) is 66.1 Å². The number of carbonyl (C=O) groups is 1. The molecule has 1 aliphatic heterocycles. The molecule has 2 aromatic carbocycles. The van der Waals surface area contributed by atoms with Crippen molar-refractivity contribution in [1.82, 2.24) is 19.2 Å². The first-order valence-electron chi connectivity index (χ1n) is 10.7. The van der Waals surface area contributed by atoms with E-state index in [1.165, 1.54) is 57.9 Å². The van der Waals surface area contributed by atoms with Crippen molar-refractivity contribution in [3.8, 4) is 0 Å². The van der Waals surface area contributed by atoms with Crippen LogP contribution in [0.1, 0.15) is 29.8 Å². The molecule has 0 spiro atoms. The molecule has 2 atom stereocenters. The van der Waals surface area contributed by atoms with Crippen LogP contribution in [-0.4, -0.2) is 53.5 Å². The van der Waals surface area contributed by atoms with Gasteiger partial charge in [-0.15, -0.1) is 0 Å². The zero-order chi connectivity index (χ0) is 25.4. The van der Waals surface area contributed by atoms with Gasteiger partial charge in [0, 0.05) is 31.1 Å². The van der Waals surface area contributed by atoms with Crippen LogP contribution in [0.15, 0.2) is 59.9 Å². The number of hydrogen-bond donors (Lipinski definition) is 1. The first kappa shape index (κ1) is 24.9. The molecule has 12 heteroatoms. The van der Waals surface area contributed by atoms with Gasteiger partial charge in [0.2, 0.25) is 10.0 Å². The van der Waals surface area contributed by atoms with Gasteiger partial charge in [-0.3, -0.25) is 4.79 Å². The van der Waals surface area contributed by atoms with E-state index in [2.05, 4.69) is 10.3 Å². The average molecular weight is 509 g/mol. The van der Waals surface area contributed by atoms with E-state index >= 15 is 0 Å². The maximum atomic E-state index is 13.1. The molecule has 8 nitrogen and oxygen atoms in total. The topological polar surface area (TPSA) is 93.5 Å². The number of rotatable bonds is 5. The lowest BCUT2D eigenvalue weighted by Crippen LogP contribution is -2.48. The van der Waals surface area contributed by atoms with E-state index in [1.807, 2.05) is 0 Å². The number of benzene rings is 2. The number of sulfonamides is 1. The highest BCUT2D eigenvalue weighted by molar-refractivity contribution is 7.89. The molecule has 4 rings (SSSR count). The molecule has 35 heavy (non-hydrogen) atoms. The van der Waals surface area contributed by atoms with Crippen molar-refractivity contribution in [2.75, 3.05) is 13.1 Å². The normalized spacial score (nSPS) is 19.9. The Balaban J connectivity index is 1.48. The number of ether oxygens (including phenoxy) is 1. The molecular weight excluding hydrogens is 485 g/mol. The number of aromatic nitrogens is 2. The quantitative estimate of drug-likeness (QED) is 0.567. The Morgan fingerprint density at radius 1 is 1.14 bits per heavy atom. The Bertz CT molecular complexity index is 1370. The maximum Gasteiger partial charge on any atom is 0.416 e. The van der Waals surface area contributed by atoms with E-state index in [1.54, 1.807) is 13.8 Å². The van der Waals surface area contributed by atoms with Gasteiger partial charge in [-0.2, -0.15) is 17.5 Å². The van der Waals surface area contributed by atoms with E-state index in [0.717, 1.165) is 12.1 Å². The zero-order valence-corrected chi connectivity index (χ0v) is 19.7. The van der Waals surface area contributed by atoms with Gasteiger partial charge >= 0.3 is 6.18 Å². The predicted octanol–water partition coefficient (Wildman–Crippen LogP) is 3.71. The van der Waals surface area contributed by atoms with Crippen LogP contribution in [0.5, 0.6) is 0 Å². The van der Waals surface area contributed by atoms with Gasteiger partial charge in [-0.05, 0) is 50.2 Å². The maximum absolute atomic E-state index is 13.1. The monoisotopic (exact) mass is 508 g/mol. The molecule has 1 N–H and O–H groups in total. The van der Waals surface area contributed by atoms with Crippen molar-refractivity contribution in [2.24, 2.45) is 0 Å². The van der Waals surface area contributed by atoms with Crippen LogP contribution in [-0.2, 0) is 20.9 Å². The Labute approximate surface area is 200 Å². The second-order valence-corrected chi connectivity index (χ2v) is 10.2. The summed E-state index contributed by atoms with van der Waals surface area (Å²) in [7, 11) is -3.82. The molecule has 2 heterocycles. The lowest BCUT2D eigenvalue weighted by Gasteiger charge is -2.34. The van der Waals surface area contributed by atoms with Crippen molar-refractivity contribution in [1.29, 1.82) is 0 Å². The van der Waals surface area contributed by atoms with E-state index in [0.29, 0.717) is 5.52 Å². The third-order valence-corrected chi connectivity index (χ3v) is 7.30. The number of amides is 1. The number of hydrogen-bond acceptors (Lipinski definition) is 5. The molecule has 1 saturated heterocycles. The minimum absolute atomic E-state index is 0.00324. The van der Waals surface area contributed by atoms with E-state index < -0.39 is 27.7 Å². The van der Waals surface area contributed by atoms with Gasteiger partial charge in [0.15, 0.2) is 0 Å². The third-order valence-electron chi connectivity index (χ3n) is 5.47. The molecule has 0 bridgehead atoms. The Hall–Kier alpha value is -3.22. The van der Waals surface area contributed by atoms with Crippen molar-refractivity contribution in [3.63, 3.8) is 0 Å². The summed E-state index contributed by atoms with van der Waals surface area (Å²) in [4.78, 5) is 16.6. The smallest absolute Gasteiger partial charge is 0.373 e. The van der Waals surface area contributed by atoms with Crippen LogP contribution in [0.4, 0.5) is 13.2 Å². The van der Waals surface area contributed by atoms with E-state index in [-0.39, 0.29) is 41.3 Å². The SMILES string of the molecule is C[C@@H]1CN(S(=O)(=O)c2cccc(C(=O)N/C=C/n3cnc4cc(C(F)(F)F)ccc43)c2)C[C@H](C)O1. The number of fused-ring (bicyclic) bond motifs is 1. The fraction of sp³-hybridized carbons (Fsp3) is 0.304. The van der Waals surface area contributed by atoms with Crippen LogP contribution in [0.2, 0.25) is 0 Å². The van der Waals surface area contributed by atoms with Crippen molar-refractivity contribution >= 4 is 33.2 Å². The molecule has 1 aliphatic rings. The van der Waals surface area contributed by atoms with Gasteiger partial charge in [-0.25, -0.2) is 13.4 Å². The molecule has 0 aliphatic carbocycles. The molecule has 3 aromatic rings. The first-order chi connectivity index (χ1) is 16.4. The van der Waals surface area contributed by atoms with Gasteiger partial charge in [0.1, 0.15) is 0 Å². The summed E-state index contributed by atoms with van der Waals surface area (Å²) in [6.45, 7) is 4.03. The molecule has 186 valence electrons. The summed E-state index contributed by atoms with van der Waals surface area (Å²) in [5.74, 6) is -0.550. The number of carbonyl (C=O) groups excluding carboxylic acids is 1. The number of nitrogens with zero attached hydrogens (tertiary/aromatic N) is 3. The summed E-state index contributed by atoms with van der Waals surface area (Å²) < 4.78 is 73.2. The van der Waals surface area contributed by atoms with Gasteiger partial charge in [-0.1, -0.05) is 6.07 Å². The summed E-state index contributed by atoms with van der Waals surface area (Å²) in [5, 5.41) is 2.53. The number of halogens is 3. The fourth-order valence-corrected chi connectivity index (χ4v) is 5.51. The van der Waals surface area contributed by atoms with Crippen molar-refractivity contribution in [2.45, 2.75) is 37.1 Å². The predicted molar refractivity (Wildman–Crippen MR) is 123 cm³/mol. The van der Waals surface area contributed by atoms with Gasteiger partial charge in [0.25, 0.3) is 5.91 Å². The zero-order valence-electron chi connectivity index (χ0n) is 18.9. The highest BCUT2D eigenvalue weighted by Gasteiger charge is 2.33. The number of alkyl halides is 3. The van der Waals surface area contributed by atoms with Gasteiger partial charge in [0.05, 0.1) is 40.0 Å². The number of morpholine rings is 1. The highest BCUT2D eigenvalue weighted by Crippen LogP contribution is 2.31. The number of nitrogens with one attached hydrogen (secondary N) is 1. The van der Waals surface area contributed by atoms with Crippen LogP contribution < -0.4 is 5.32 Å². The summed E-state index contributed by atoms with van der Waals surface area (Å²) in [5.41, 5.74) is -0.0928. The first-order valence-corrected chi connectivity index (χ1v) is 12.2. The summed E-state index contributed by atoms with van der Waals surface area (Å²) in [6.07, 6.45) is -0.910. The van der Waals surface area contributed by atoms with Crippen molar-refractivity contribution < 1.29 is 31.1 Å². The molecule has 0 radical (unpaired) electrons. The third kappa shape index (κ3) is 5.39. The lowest BCUT2D eigenvalue weighted by molar-refractivity contribution is -0.137. The summed E-state index contributed by atoms with van der Waals surface area (Å²) in [6, 6.07) is 8.89. The molecule has 1 aromatic heterocycles. The molecule has 1 fully saturated rings. The Kier molecular flexibility index (Phi) is 6.71. The fourth-order valence-electron chi connectivity index (χ4n) is 3.88. The second-order valence-electron chi connectivity index (χ2n) is 8.25. The average Bonchev–Trinajstić information content (AvgIpc) is 3.20. The van der Waals surface area contributed by atoms with Crippen LogP contribution >= 0.6 is 0 Å². The van der Waals surface area contributed by atoms with Crippen LogP contribution in [0, 0.1) is 0 Å². The molecule has 0 saturated carbocycles. The van der Waals surface area contributed by atoms with Crippen LogP contribution in [0.3, 0.4) is 0 Å². The minimum atomic E-state index is -4.47. The molecule has 0 unspecified atom stereocenters. The van der Waals surface area contributed by atoms with Gasteiger partial charge < -0.3 is 14.6 Å². The number of imidazole rings is 1. The van der Waals surface area contributed by atoms with E-state index in [4.69, 9.17) is 4.74 Å². The molecule has 1 amide bonds. The lowest BCUT2D eigenvalue weighted by atomic mass is 10.2. The Morgan fingerprint density at radius 3 is 2.54 bits per heavy atom. The molecular formula is C23H23F3N4O4S.